The molecule has 0 saturated heterocycles. The summed E-state index contributed by atoms with van der Waals surface area (Å²) in [5, 5.41) is 3.36. The zero-order valence-electron chi connectivity index (χ0n) is 22.9. The highest BCUT2D eigenvalue weighted by Gasteiger charge is 2.26. The highest BCUT2D eigenvalue weighted by Crippen LogP contribution is 2.40. The Morgan fingerprint density at radius 2 is 1.24 bits per heavy atom. The topological polar surface area (TPSA) is 38.1 Å². The van der Waals surface area contributed by atoms with Crippen molar-refractivity contribution >= 4 is 27.4 Å². The summed E-state index contributed by atoms with van der Waals surface area (Å²) in [4.78, 5) is 14.9. The van der Waals surface area contributed by atoms with Crippen LogP contribution >= 0.6 is 0 Å². The molecule has 1 aromatic heterocycles. The van der Waals surface area contributed by atoms with Crippen LogP contribution in [-0.2, 0) is 0 Å². The van der Waals surface area contributed by atoms with Crippen molar-refractivity contribution in [2.75, 3.05) is 0 Å². The van der Waals surface area contributed by atoms with E-state index in [4.69, 9.17) is 9.97 Å². The summed E-state index contributed by atoms with van der Waals surface area (Å²) in [6.45, 7) is 0. The summed E-state index contributed by atoms with van der Waals surface area (Å²) >= 11 is 0. The molecule has 0 bridgehead atoms. The van der Waals surface area contributed by atoms with E-state index in [1.165, 1.54) is 22.1 Å². The first-order valence-electron chi connectivity index (χ1n) is 14.4. The minimum atomic E-state index is 0.274. The van der Waals surface area contributed by atoms with Crippen molar-refractivity contribution in [2.45, 2.75) is 5.92 Å². The van der Waals surface area contributed by atoms with Gasteiger partial charge in [-0.25, -0.2) is 9.97 Å². The fourth-order valence-electron chi connectivity index (χ4n) is 6.25. The Balaban J connectivity index is 1.31. The lowest BCUT2D eigenvalue weighted by atomic mass is 9.79. The Labute approximate surface area is 245 Å². The van der Waals surface area contributed by atoms with Gasteiger partial charge in [-0.1, -0.05) is 133 Å². The maximum absolute atomic E-state index is 5.17. The Morgan fingerprint density at radius 1 is 0.524 bits per heavy atom. The van der Waals surface area contributed by atoms with Gasteiger partial charge >= 0.3 is 0 Å². The van der Waals surface area contributed by atoms with Crippen LogP contribution in [0.5, 0.6) is 0 Å². The van der Waals surface area contributed by atoms with Gasteiger partial charge in [0.15, 0.2) is 5.82 Å². The van der Waals surface area contributed by atoms with E-state index in [1.807, 2.05) is 30.5 Å². The van der Waals surface area contributed by atoms with E-state index in [0.29, 0.717) is 0 Å². The lowest BCUT2D eigenvalue weighted by molar-refractivity contribution is 0.731. The second-order valence-electron chi connectivity index (χ2n) is 10.8. The summed E-state index contributed by atoms with van der Waals surface area (Å²) in [5.41, 5.74) is 8.77. The molecule has 2 aliphatic rings. The van der Waals surface area contributed by atoms with Crippen LogP contribution in [0.2, 0.25) is 0 Å². The molecule has 2 atom stereocenters. The molecule has 2 unspecified atom stereocenters. The maximum Gasteiger partial charge on any atom is 0.160 e. The third-order valence-electron chi connectivity index (χ3n) is 8.33. The Bertz CT molecular complexity index is 2070. The second kappa shape index (κ2) is 10.2. The van der Waals surface area contributed by atoms with Crippen LogP contribution in [0.15, 0.2) is 157 Å². The number of aromatic nitrogens is 2. The number of hydrogen-bond acceptors (Lipinski definition) is 3. The van der Waals surface area contributed by atoms with Crippen molar-refractivity contribution in [1.29, 1.82) is 0 Å². The molecular formula is C39H27N3. The molecule has 0 fully saturated rings. The molecule has 0 spiro atoms. The van der Waals surface area contributed by atoms with E-state index in [-0.39, 0.29) is 11.8 Å². The van der Waals surface area contributed by atoms with Gasteiger partial charge in [-0.3, -0.25) is 4.99 Å². The number of benzene rings is 5. The first-order chi connectivity index (χ1) is 20.8. The maximum atomic E-state index is 5.17. The molecule has 3 nitrogen and oxygen atoms in total. The quantitative estimate of drug-likeness (QED) is 0.210. The van der Waals surface area contributed by atoms with Crippen LogP contribution in [0, 0.1) is 5.92 Å². The molecule has 3 heteroatoms. The van der Waals surface area contributed by atoms with Crippen molar-refractivity contribution in [3.8, 4) is 33.8 Å². The van der Waals surface area contributed by atoms with Gasteiger partial charge in [0.05, 0.1) is 11.2 Å². The molecule has 0 radical (unpaired) electrons. The lowest BCUT2D eigenvalue weighted by Gasteiger charge is -2.26. The molecule has 2 heterocycles. The average molecular weight is 538 g/mol. The zero-order valence-corrected chi connectivity index (χ0v) is 22.9. The largest absolute Gasteiger partial charge is 0.261 e. The molecule has 1 aliphatic carbocycles. The molecular weight excluding hydrogens is 510 g/mol. The van der Waals surface area contributed by atoms with Crippen LogP contribution in [0.4, 0.5) is 0 Å². The van der Waals surface area contributed by atoms with Gasteiger partial charge in [-0.2, -0.15) is 0 Å². The zero-order chi connectivity index (χ0) is 27.9. The van der Waals surface area contributed by atoms with Gasteiger partial charge in [-0.05, 0) is 34.2 Å². The van der Waals surface area contributed by atoms with Crippen LogP contribution in [0.1, 0.15) is 11.5 Å². The monoisotopic (exact) mass is 537 g/mol. The highest BCUT2D eigenvalue weighted by molar-refractivity contribution is 6.15. The molecule has 8 rings (SSSR count). The van der Waals surface area contributed by atoms with Crippen molar-refractivity contribution < 1.29 is 0 Å². The van der Waals surface area contributed by atoms with Crippen LogP contribution in [-0.4, -0.2) is 15.7 Å². The fourth-order valence-corrected chi connectivity index (χ4v) is 6.25. The Kier molecular flexibility index (Phi) is 5.93. The highest BCUT2D eigenvalue weighted by atomic mass is 14.9. The number of fused-ring (bicyclic) bond motifs is 4. The molecule has 1 aliphatic heterocycles. The molecule has 0 saturated carbocycles. The second-order valence-corrected chi connectivity index (χ2v) is 10.8. The van der Waals surface area contributed by atoms with Gasteiger partial charge in [-0.15, -0.1) is 0 Å². The van der Waals surface area contributed by atoms with Crippen LogP contribution in [0.3, 0.4) is 0 Å². The van der Waals surface area contributed by atoms with E-state index < -0.39 is 0 Å². The summed E-state index contributed by atoms with van der Waals surface area (Å²) in [6.07, 6.45) is 12.7. The molecule has 42 heavy (non-hydrogen) atoms. The normalized spacial score (nSPS) is 17.4. The third kappa shape index (κ3) is 4.18. The summed E-state index contributed by atoms with van der Waals surface area (Å²) in [5.74, 6) is 1.28. The number of allylic oxidation sites excluding steroid dienone is 5. The molecule has 0 amide bonds. The van der Waals surface area contributed by atoms with Crippen molar-refractivity contribution in [3.63, 3.8) is 0 Å². The third-order valence-corrected chi connectivity index (χ3v) is 8.33. The minimum absolute atomic E-state index is 0.274. The first-order valence-corrected chi connectivity index (χ1v) is 14.4. The van der Waals surface area contributed by atoms with E-state index in [1.54, 1.807) is 0 Å². The summed E-state index contributed by atoms with van der Waals surface area (Å²) < 4.78 is 0. The fraction of sp³-hybridized carbons (Fsp3) is 0.0513. The van der Waals surface area contributed by atoms with E-state index >= 15 is 0 Å². The standard InChI is InChI=1S/C39H27N3/c1-3-11-28(12-4-1)37-35-25-34(27-21-19-26(20-22-27)30-23-24-40-36-18-10-9-16-32(30)36)31-15-7-8-17-33(31)38(35)42-39(41-37)29-13-5-2-6-14-29/h1-25,30,32H. The predicted octanol–water partition coefficient (Wildman–Crippen LogP) is 9.58. The lowest BCUT2D eigenvalue weighted by Crippen LogP contribution is -2.21. The van der Waals surface area contributed by atoms with E-state index in [0.717, 1.165) is 44.6 Å². The van der Waals surface area contributed by atoms with Gasteiger partial charge in [0, 0.05) is 45.6 Å². The van der Waals surface area contributed by atoms with Gasteiger partial charge in [0.2, 0.25) is 0 Å². The van der Waals surface area contributed by atoms with Gasteiger partial charge in [0.25, 0.3) is 0 Å². The summed E-state index contributed by atoms with van der Waals surface area (Å²) in [6, 6.07) is 40.6. The van der Waals surface area contributed by atoms with Gasteiger partial charge in [0.1, 0.15) is 0 Å². The molecule has 0 N–H and O–H groups in total. The predicted molar refractivity (Wildman–Crippen MR) is 174 cm³/mol. The van der Waals surface area contributed by atoms with Gasteiger partial charge < -0.3 is 0 Å². The number of rotatable bonds is 4. The SMILES string of the molecule is C1=CC2=NC=CC(c3ccc(-c4cc5c(-c6ccccc6)nc(-c6ccccc6)nc5c5ccccc45)cc3)C2C=C1. The molecule has 5 aromatic carbocycles. The number of aliphatic imine (C=N–C) groups is 1. The smallest absolute Gasteiger partial charge is 0.160 e. The number of hydrogen-bond donors (Lipinski definition) is 0. The van der Waals surface area contributed by atoms with Crippen molar-refractivity contribution in [3.05, 3.63) is 157 Å². The molecule has 6 aromatic rings. The first kappa shape index (κ1) is 24.4. The van der Waals surface area contributed by atoms with Crippen molar-refractivity contribution in [2.24, 2.45) is 10.9 Å². The Hall–Kier alpha value is -5.41. The Morgan fingerprint density at radius 3 is 2.02 bits per heavy atom. The van der Waals surface area contributed by atoms with E-state index in [9.17, 15) is 0 Å². The number of nitrogens with zero attached hydrogens (tertiary/aromatic N) is 3. The van der Waals surface area contributed by atoms with Crippen LogP contribution in [0.25, 0.3) is 55.4 Å². The van der Waals surface area contributed by atoms with Crippen LogP contribution < -0.4 is 0 Å². The minimum Gasteiger partial charge on any atom is -0.261 e. The average Bonchev–Trinajstić information content (AvgIpc) is 3.08. The molecule has 198 valence electrons. The van der Waals surface area contributed by atoms with Crippen molar-refractivity contribution in [1.82, 2.24) is 9.97 Å². The summed E-state index contributed by atoms with van der Waals surface area (Å²) in [7, 11) is 0. The van der Waals surface area contributed by atoms with E-state index in [2.05, 4.69) is 126 Å².